The van der Waals surface area contributed by atoms with E-state index in [1.54, 1.807) is 0 Å². The highest BCUT2D eigenvalue weighted by atomic mass is 32.2. The topological polar surface area (TPSA) is 80.5 Å². The van der Waals surface area contributed by atoms with E-state index in [-0.39, 0.29) is 24.4 Å². The molecule has 2 N–H and O–H groups in total. The van der Waals surface area contributed by atoms with Gasteiger partial charge in [-0.05, 0) is 29.7 Å². The van der Waals surface area contributed by atoms with Crippen molar-refractivity contribution in [1.29, 1.82) is 0 Å². The molecule has 0 saturated heterocycles. The van der Waals surface area contributed by atoms with E-state index in [4.69, 9.17) is 5.14 Å². The number of rotatable bonds is 1. The van der Waals surface area contributed by atoms with Crippen molar-refractivity contribution in [3.8, 4) is 0 Å². The Kier molecular flexibility index (Phi) is 3.51. The lowest BCUT2D eigenvalue weighted by Crippen LogP contribution is -2.43. The summed E-state index contributed by atoms with van der Waals surface area (Å²) < 4.78 is 59.5. The van der Waals surface area contributed by atoms with Gasteiger partial charge < -0.3 is 4.90 Å². The fourth-order valence-corrected chi connectivity index (χ4v) is 2.63. The maximum atomic E-state index is 12.4. The molecule has 2 rings (SSSR count). The molecule has 0 aliphatic carbocycles. The average Bonchev–Trinajstić information content (AvgIpc) is 2.34. The number of amides is 1. The zero-order chi connectivity index (χ0) is 15.1. The van der Waals surface area contributed by atoms with Gasteiger partial charge in [-0.15, -0.1) is 0 Å². The Bertz CT molecular complexity index is 655. The van der Waals surface area contributed by atoms with E-state index in [0.717, 1.165) is 0 Å². The molecule has 0 radical (unpaired) electrons. The number of sulfonamides is 1. The minimum atomic E-state index is -4.94. The molecule has 9 heteroatoms. The Hall–Kier alpha value is -1.61. The number of carbonyl (C=O) groups is 1. The lowest BCUT2D eigenvalue weighted by Gasteiger charge is -2.29. The summed E-state index contributed by atoms with van der Waals surface area (Å²) in [5.74, 6) is -1.93. The minimum absolute atomic E-state index is 0.0555. The van der Waals surface area contributed by atoms with Gasteiger partial charge in [0.1, 0.15) is 0 Å². The Morgan fingerprint density at radius 2 is 1.90 bits per heavy atom. The van der Waals surface area contributed by atoms with Gasteiger partial charge in [-0.3, -0.25) is 4.79 Å². The van der Waals surface area contributed by atoms with E-state index in [2.05, 4.69) is 0 Å². The van der Waals surface area contributed by atoms with Crippen LogP contribution in [-0.4, -0.2) is 31.9 Å². The van der Waals surface area contributed by atoms with Crippen LogP contribution in [-0.2, 0) is 27.8 Å². The second kappa shape index (κ2) is 4.74. The lowest BCUT2D eigenvalue weighted by molar-refractivity contribution is -0.186. The molecule has 0 unspecified atom stereocenters. The molecule has 1 amide bonds. The fourth-order valence-electron chi connectivity index (χ4n) is 2.06. The normalized spacial score (nSPS) is 15.9. The third kappa shape index (κ3) is 2.93. The number of alkyl halides is 3. The van der Waals surface area contributed by atoms with Gasteiger partial charge in [0.2, 0.25) is 10.0 Å². The number of carbonyl (C=O) groups excluding carboxylic acids is 1. The van der Waals surface area contributed by atoms with Gasteiger partial charge in [0.25, 0.3) is 0 Å². The number of hydrogen-bond donors (Lipinski definition) is 1. The van der Waals surface area contributed by atoms with Crippen molar-refractivity contribution in [2.75, 3.05) is 6.54 Å². The highest BCUT2D eigenvalue weighted by molar-refractivity contribution is 7.89. The van der Waals surface area contributed by atoms with E-state index in [9.17, 15) is 26.4 Å². The number of primary sulfonamides is 1. The maximum absolute atomic E-state index is 12.4. The van der Waals surface area contributed by atoms with Crippen molar-refractivity contribution < 1.29 is 26.4 Å². The van der Waals surface area contributed by atoms with Crippen molar-refractivity contribution in [3.05, 3.63) is 29.3 Å². The molecule has 0 atom stereocenters. The molecular formula is C11H11F3N2O3S. The second-order valence-corrected chi connectivity index (χ2v) is 6.01. The van der Waals surface area contributed by atoms with Crippen molar-refractivity contribution in [3.63, 3.8) is 0 Å². The van der Waals surface area contributed by atoms with Gasteiger partial charge in [0.15, 0.2) is 0 Å². The van der Waals surface area contributed by atoms with Crippen LogP contribution in [0.1, 0.15) is 11.1 Å². The molecule has 1 aromatic carbocycles. The molecule has 0 saturated carbocycles. The van der Waals surface area contributed by atoms with E-state index >= 15 is 0 Å². The van der Waals surface area contributed by atoms with Gasteiger partial charge in [-0.1, -0.05) is 6.07 Å². The van der Waals surface area contributed by atoms with Crippen molar-refractivity contribution in [1.82, 2.24) is 4.90 Å². The van der Waals surface area contributed by atoms with Crippen molar-refractivity contribution in [2.45, 2.75) is 24.0 Å². The maximum Gasteiger partial charge on any atom is 0.471 e. The monoisotopic (exact) mass is 308 g/mol. The molecule has 0 fully saturated rings. The SMILES string of the molecule is NS(=O)(=O)c1ccc2c(c1)CN(C(=O)C(F)(F)F)CC2. The van der Waals surface area contributed by atoms with Crippen LogP contribution in [0.4, 0.5) is 13.2 Å². The zero-order valence-corrected chi connectivity index (χ0v) is 11.0. The van der Waals surface area contributed by atoms with Crippen LogP contribution in [0.3, 0.4) is 0 Å². The highest BCUT2D eigenvalue weighted by Gasteiger charge is 2.43. The first-order valence-corrected chi connectivity index (χ1v) is 7.14. The summed E-state index contributed by atoms with van der Waals surface area (Å²) in [6.07, 6.45) is -4.70. The summed E-state index contributed by atoms with van der Waals surface area (Å²) in [4.78, 5) is 11.6. The number of nitrogens with two attached hydrogens (primary N) is 1. The zero-order valence-electron chi connectivity index (χ0n) is 10.1. The first-order chi connectivity index (χ1) is 9.09. The molecule has 5 nitrogen and oxygen atoms in total. The predicted octanol–water partition coefficient (Wildman–Crippen LogP) is 0.781. The molecule has 110 valence electrons. The third-order valence-electron chi connectivity index (χ3n) is 3.05. The smallest absolute Gasteiger partial charge is 0.330 e. The third-order valence-corrected chi connectivity index (χ3v) is 3.96. The molecule has 0 spiro atoms. The largest absolute Gasteiger partial charge is 0.471 e. The Labute approximate surface area is 113 Å². The molecule has 20 heavy (non-hydrogen) atoms. The Balaban J connectivity index is 2.32. The summed E-state index contributed by atoms with van der Waals surface area (Å²) in [6, 6.07) is 4.01. The molecule has 1 aromatic rings. The van der Waals surface area contributed by atoms with Crippen LogP contribution in [0.25, 0.3) is 0 Å². The van der Waals surface area contributed by atoms with Crippen molar-refractivity contribution in [2.24, 2.45) is 5.14 Å². The first kappa shape index (κ1) is 14.8. The van der Waals surface area contributed by atoms with Crippen molar-refractivity contribution >= 4 is 15.9 Å². The fraction of sp³-hybridized carbons (Fsp3) is 0.364. The number of hydrogen-bond acceptors (Lipinski definition) is 3. The molecule has 1 aliphatic heterocycles. The van der Waals surface area contributed by atoms with Crippen LogP contribution >= 0.6 is 0 Å². The van der Waals surface area contributed by atoms with E-state index < -0.39 is 22.1 Å². The summed E-state index contributed by atoms with van der Waals surface area (Å²) in [5, 5.41) is 4.97. The number of nitrogens with zero attached hydrogens (tertiary/aromatic N) is 1. The van der Waals surface area contributed by atoms with Gasteiger partial charge in [-0.25, -0.2) is 13.6 Å². The molecule has 1 aliphatic rings. The van der Waals surface area contributed by atoms with Gasteiger partial charge in [0, 0.05) is 13.1 Å². The molecule has 0 bridgehead atoms. The Morgan fingerprint density at radius 1 is 1.25 bits per heavy atom. The first-order valence-electron chi connectivity index (χ1n) is 5.60. The number of fused-ring (bicyclic) bond motifs is 1. The molecular weight excluding hydrogens is 297 g/mol. The van der Waals surface area contributed by atoms with Gasteiger partial charge in [-0.2, -0.15) is 13.2 Å². The number of benzene rings is 1. The standard InChI is InChI=1S/C11H11F3N2O3S/c12-11(13,14)10(17)16-4-3-7-1-2-9(20(15,18)19)5-8(7)6-16/h1-2,5H,3-4,6H2,(H2,15,18,19). The minimum Gasteiger partial charge on any atom is -0.330 e. The van der Waals surface area contributed by atoms with E-state index in [1.807, 2.05) is 0 Å². The summed E-state index contributed by atoms with van der Waals surface area (Å²) in [6.45, 7) is -0.336. The van der Waals surface area contributed by atoms with E-state index in [1.165, 1.54) is 18.2 Å². The van der Waals surface area contributed by atoms with E-state index in [0.29, 0.717) is 16.0 Å². The van der Waals surface area contributed by atoms with Gasteiger partial charge in [0.05, 0.1) is 4.90 Å². The summed E-state index contributed by atoms with van der Waals surface area (Å²) in [7, 11) is -3.93. The van der Waals surface area contributed by atoms with Crippen LogP contribution in [0, 0.1) is 0 Å². The lowest BCUT2D eigenvalue weighted by atomic mass is 10.00. The predicted molar refractivity (Wildman–Crippen MR) is 63.0 cm³/mol. The quantitative estimate of drug-likeness (QED) is 0.832. The van der Waals surface area contributed by atoms with Crippen LogP contribution in [0.15, 0.2) is 23.1 Å². The highest BCUT2D eigenvalue weighted by Crippen LogP contribution is 2.26. The molecule has 0 aromatic heterocycles. The van der Waals surface area contributed by atoms with Crippen LogP contribution < -0.4 is 5.14 Å². The molecule has 1 heterocycles. The second-order valence-electron chi connectivity index (χ2n) is 4.45. The van der Waals surface area contributed by atoms with Crippen LogP contribution in [0.2, 0.25) is 0 Å². The average molecular weight is 308 g/mol. The summed E-state index contributed by atoms with van der Waals surface area (Å²) in [5.41, 5.74) is 1.07. The van der Waals surface area contributed by atoms with Gasteiger partial charge >= 0.3 is 12.1 Å². The number of halogens is 3. The summed E-state index contributed by atoms with van der Waals surface area (Å²) >= 11 is 0. The Morgan fingerprint density at radius 3 is 2.45 bits per heavy atom. The van der Waals surface area contributed by atoms with Crippen LogP contribution in [0.5, 0.6) is 0 Å².